The number of piperidine rings is 1. The number of nitrogens with zero attached hydrogens (tertiary/aromatic N) is 1. The van der Waals surface area contributed by atoms with Crippen LogP contribution in [0.4, 0.5) is 0 Å². The Morgan fingerprint density at radius 1 is 1.53 bits per heavy atom. The van der Waals surface area contributed by atoms with E-state index in [9.17, 15) is 5.11 Å². The highest BCUT2D eigenvalue weighted by Gasteiger charge is 2.21. The Kier molecular flexibility index (Phi) is 6.17. The van der Waals surface area contributed by atoms with Crippen molar-refractivity contribution >= 4 is 0 Å². The molecule has 4 heteroatoms. The third-order valence-electron chi connectivity index (χ3n) is 2.70. The zero-order valence-electron chi connectivity index (χ0n) is 9.56. The lowest BCUT2D eigenvalue weighted by Gasteiger charge is -2.33. The van der Waals surface area contributed by atoms with E-state index in [0.29, 0.717) is 12.6 Å². The summed E-state index contributed by atoms with van der Waals surface area (Å²) in [5.74, 6) is 0. The van der Waals surface area contributed by atoms with Crippen LogP contribution in [0.3, 0.4) is 0 Å². The van der Waals surface area contributed by atoms with E-state index in [1.165, 1.54) is 0 Å². The molecule has 1 saturated heterocycles. The second-order valence-corrected chi connectivity index (χ2v) is 4.23. The molecule has 0 aromatic heterocycles. The summed E-state index contributed by atoms with van der Waals surface area (Å²) in [6.45, 7) is 5.22. The van der Waals surface area contributed by atoms with Crippen LogP contribution in [0.15, 0.2) is 0 Å². The van der Waals surface area contributed by atoms with Gasteiger partial charge in [-0.25, -0.2) is 0 Å². The summed E-state index contributed by atoms with van der Waals surface area (Å²) < 4.78 is 5.69. The smallest absolute Gasteiger partial charge is 0.0897 e. The Hall–Kier alpha value is -0.160. The average molecular weight is 217 g/mol. The summed E-state index contributed by atoms with van der Waals surface area (Å²) in [5.41, 5.74) is 0. The molecule has 1 aliphatic heterocycles. The Morgan fingerprint density at radius 3 is 3.00 bits per heavy atom. The summed E-state index contributed by atoms with van der Waals surface area (Å²) >= 11 is 0. The molecule has 0 aromatic carbocycles. The Balaban J connectivity index is 2.22. The van der Waals surface area contributed by atoms with E-state index in [4.69, 9.17) is 9.84 Å². The lowest BCUT2D eigenvalue weighted by atomic mass is 10.1. The van der Waals surface area contributed by atoms with Crippen LogP contribution >= 0.6 is 0 Å². The van der Waals surface area contributed by atoms with Crippen LogP contribution in [0.25, 0.3) is 0 Å². The van der Waals surface area contributed by atoms with Gasteiger partial charge in [0.1, 0.15) is 0 Å². The monoisotopic (exact) mass is 217 g/mol. The van der Waals surface area contributed by atoms with Gasteiger partial charge >= 0.3 is 0 Å². The molecule has 0 aromatic rings. The van der Waals surface area contributed by atoms with Gasteiger partial charge in [-0.2, -0.15) is 0 Å². The van der Waals surface area contributed by atoms with Crippen molar-refractivity contribution in [2.75, 3.05) is 32.8 Å². The number of aliphatic hydroxyl groups excluding tert-OH is 2. The molecule has 1 fully saturated rings. The fourth-order valence-corrected chi connectivity index (χ4v) is 1.96. The van der Waals surface area contributed by atoms with Gasteiger partial charge in [-0.3, -0.25) is 4.90 Å². The molecule has 2 N–H and O–H groups in total. The molecule has 0 saturated carbocycles. The lowest BCUT2D eigenvalue weighted by molar-refractivity contribution is -0.0181. The van der Waals surface area contributed by atoms with Gasteiger partial charge in [-0.05, 0) is 25.8 Å². The van der Waals surface area contributed by atoms with Crippen LogP contribution in [0.2, 0.25) is 0 Å². The molecule has 90 valence electrons. The Bertz CT molecular complexity index is 166. The summed E-state index contributed by atoms with van der Waals surface area (Å²) in [6, 6.07) is 0. The number of ether oxygens (including phenoxy) is 1. The Morgan fingerprint density at radius 2 is 2.33 bits per heavy atom. The molecule has 2 atom stereocenters. The van der Waals surface area contributed by atoms with Crippen molar-refractivity contribution in [2.45, 2.75) is 38.4 Å². The molecular formula is C11H23NO3. The molecule has 4 nitrogen and oxygen atoms in total. The van der Waals surface area contributed by atoms with Crippen LogP contribution < -0.4 is 0 Å². The quantitative estimate of drug-likeness (QED) is 0.669. The standard InChI is InChI=1S/C11H23NO3/c1-2-6-15-11-4-3-5-12(8-11)7-10(14)9-13/h10-11,13-14H,2-9H2,1H3. The fraction of sp³-hybridized carbons (Fsp3) is 1.00. The highest BCUT2D eigenvalue weighted by Crippen LogP contribution is 2.13. The number of likely N-dealkylation sites (tertiary alicyclic amines) is 1. The molecule has 0 spiro atoms. The van der Waals surface area contributed by atoms with Crippen molar-refractivity contribution in [3.8, 4) is 0 Å². The first kappa shape index (κ1) is 12.9. The van der Waals surface area contributed by atoms with Crippen molar-refractivity contribution in [1.29, 1.82) is 0 Å². The second kappa shape index (κ2) is 7.17. The summed E-state index contributed by atoms with van der Waals surface area (Å²) in [6.07, 6.45) is 2.98. The maximum atomic E-state index is 9.34. The van der Waals surface area contributed by atoms with Gasteiger partial charge in [0.15, 0.2) is 0 Å². The first-order valence-electron chi connectivity index (χ1n) is 5.89. The molecule has 0 aliphatic carbocycles. The van der Waals surface area contributed by atoms with Crippen LogP contribution in [0.1, 0.15) is 26.2 Å². The van der Waals surface area contributed by atoms with Crippen LogP contribution in [-0.4, -0.2) is 60.2 Å². The van der Waals surface area contributed by atoms with Crippen molar-refractivity contribution in [1.82, 2.24) is 4.90 Å². The molecule has 0 bridgehead atoms. The second-order valence-electron chi connectivity index (χ2n) is 4.23. The number of hydrogen-bond acceptors (Lipinski definition) is 4. The van der Waals surface area contributed by atoms with E-state index in [2.05, 4.69) is 11.8 Å². The zero-order chi connectivity index (χ0) is 11.1. The number of β-amino-alcohol motifs (C(OH)–C–C–N with tert-alkyl or cyclic N) is 1. The highest BCUT2D eigenvalue weighted by molar-refractivity contribution is 4.75. The molecule has 1 heterocycles. The van der Waals surface area contributed by atoms with Gasteiger partial charge in [0.2, 0.25) is 0 Å². The molecular weight excluding hydrogens is 194 g/mol. The third kappa shape index (κ3) is 4.93. The van der Waals surface area contributed by atoms with E-state index in [-0.39, 0.29) is 6.61 Å². The normalized spacial score (nSPS) is 25.4. The maximum Gasteiger partial charge on any atom is 0.0897 e. The lowest BCUT2D eigenvalue weighted by Crippen LogP contribution is -2.44. The van der Waals surface area contributed by atoms with Gasteiger partial charge in [0.05, 0.1) is 18.8 Å². The van der Waals surface area contributed by atoms with Crippen molar-refractivity contribution in [3.05, 3.63) is 0 Å². The topological polar surface area (TPSA) is 52.9 Å². The molecule has 0 radical (unpaired) electrons. The molecule has 15 heavy (non-hydrogen) atoms. The van der Waals surface area contributed by atoms with Gasteiger partial charge in [-0.1, -0.05) is 6.92 Å². The summed E-state index contributed by atoms with van der Waals surface area (Å²) in [7, 11) is 0. The predicted molar refractivity (Wildman–Crippen MR) is 58.8 cm³/mol. The molecule has 1 rings (SSSR count). The van der Waals surface area contributed by atoms with Gasteiger partial charge in [0, 0.05) is 19.7 Å². The SMILES string of the molecule is CCCOC1CCCN(CC(O)CO)C1. The number of rotatable bonds is 6. The van der Waals surface area contributed by atoms with Crippen LogP contribution in [0, 0.1) is 0 Å². The minimum Gasteiger partial charge on any atom is -0.394 e. The maximum absolute atomic E-state index is 9.34. The Labute approximate surface area is 91.8 Å². The number of hydrogen-bond donors (Lipinski definition) is 2. The zero-order valence-corrected chi connectivity index (χ0v) is 9.56. The average Bonchev–Trinajstić information content (AvgIpc) is 2.26. The van der Waals surface area contributed by atoms with E-state index in [1.807, 2.05) is 0 Å². The van der Waals surface area contributed by atoms with E-state index in [0.717, 1.165) is 39.0 Å². The molecule has 2 unspecified atom stereocenters. The number of aliphatic hydroxyl groups is 2. The van der Waals surface area contributed by atoms with Gasteiger partial charge in [0.25, 0.3) is 0 Å². The summed E-state index contributed by atoms with van der Waals surface area (Å²) in [4.78, 5) is 2.17. The largest absolute Gasteiger partial charge is 0.394 e. The van der Waals surface area contributed by atoms with E-state index < -0.39 is 6.10 Å². The van der Waals surface area contributed by atoms with Crippen molar-refractivity contribution < 1.29 is 14.9 Å². The van der Waals surface area contributed by atoms with Crippen molar-refractivity contribution in [3.63, 3.8) is 0 Å². The first-order valence-corrected chi connectivity index (χ1v) is 5.89. The first-order chi connectivity index (χ1) is 7.26. The van der Waals surface area contributed by atoms with Crippen molar-refractivity contribution in [2.24, 2.45) is 0 Å². The van der Waals surface area contributed by atoms with Gasteiger partial charge in [-0.15, -0.1) is 0 Å². The van der Waals surface area contributed by atoms with Crippen LogP contribution in [0.5, 0.6) is 0 Å². The third-order valence-corrected chi connectivity index (χ3v) is 2.70. The van der Waals surface area contributed by atoms with E-state index >= 15 is 0 Å². The molecule has 1 aliphatic rings. The van der Waals surface area contributed by atoms with Gasteiger partial charge < -0.3 is 14.9 Å². The predicted octanol–water partition coefficient (Wildman–Crippen LogP) is 0.231. The minimum absolute atomic E-state index is 0.156. The fourth-order valence-electron chi connectivity index (χ4n) is 1.96. The minimum atomic E-state index is -0.616. The summed E-state index contributed by atoms with van der Waals surface area (Å²) in [5, 5.41) is 18.1. The highest BCUT2D eigenvalue weighted by atomic mass is 16.5. The van der Waals surface area contributed by atoms with E-state index in [1.54, 1.807) is 0 Å². The molecule has 0 amide bonds. The van der Waals surface area contributed by atoms with Crippen LogP contribution in [-0.2, 0) is 4.74 Å².